The summed E-state index contributed by atoms with van der Waals surface area (Å²) >= 11 is 0. The molecule has 0 aromatic heterocycles. The standard InChI is InChI=1S/C14H24O2/c1-13(2)14(12-16)10-8-6-4-3-5-7-9-11-15/h11-12,14H,1,3-10H2,2H3. The molecule has 2 heteroatoms. The molecule has 0 N–H and O–H groups in total. The Morgan fingerprint density at radius 2 is 1.62 bits per heavy atom. The topological polar surface area (TPSA) is 34.1 Å². The molecule has 0 aliphatic rings. The molecule has 16 heavy (non-hydrogen) atoms. The maximum atomic E-state index is 10.7. The number of hydrogen-bond donors (Lipinski definition) is 0. The van der Waals surface area contributed by atoms with Crippen molar-refractivity contribution in [1.29, 1.82) is 0 Å². The molecule has 0 aromatic carbocycles. The van der Waals surface area contributed by atoms with Crippen LogP contribution in [0.2, 0.25) is 0 Å². The van der Waals surface area contributed by atoms with Gasteiger partial charge in [-0.25, -0.2) is 0 Å². The third-order valence-corrected chi connectivity index (χ3v) is 2.88. The monoisotopic (exact) mass is 224 g/mol. The van der Waals surface area contributed by atoms with Crippen LogP contribution in [-0.2, 0) is 9.59 Å². The second-order valence-corrected chi connectivity index (χ2v) is 4.45. The van der Waals surface area contributed by atoms with Gasteiger partial charge in [0.2, 0.25) is 0 Å². The number of carbonyl (C=O) groups is 2. The molecule has 1 unspecified atom stereocenters. The summed E-state index contributed by atoms with van der Waals surface area (Å²) < 4.78 is 0. The SMILES string of the molecule is C=C(C)C(C=O)CCCCCCCCC=O. The van der Waals surface area contributed by atoms with Gasteiger partial charge < -0.3 is 9.59 Å². The van der Waals surface area contributed by atoms with Crippen LogP contribution < -0.4 is 0 Å². The maximum Gasteiger partial charge on any atom is 0.127 e. The van der Waals surface area contributed by atoms with E-state index in [0.29, 0.717) is 6.42 Å². The first-order chi connectivity index (χ1) is 7.72. The Morgan fingerprint density at radius 1 is 1.06 bits per heavy atom. The van der Waals surface area contributed by atoms with Crippen molar-refractivity contribution >= 4 is 12.6 Å². The molecule has 0 aromatic rings. The van der Waals surface area contributed by atoms with Gasteiger partial charge in [-0.3, -0.25) is 0 Å². The molecule has 0 radical (unpaired) electrons. The van der Waals surface area contributed by atoms with Crippen molar-refractivity contribution in [3.63, 3.8) is 0 Å². The Bertz CT molecular complexity index is 209. The van der Waals surface area contributed by atoms with Crippen LogP contribution in [0.4, 0.5) is 0 Å². The summed E-state index contributed by atoms with van der Waals surface area (Å²) in [6, 6.07) is 0. The van der Waals surface area contributed by atoms with E-state index < -0.39 is 0 Å². The summed E-state index contributed by atoms with van der Waals surface area (Å²) in [5.74, 6) is 0.0510. The molecule has 0 bridgehead atoms. The van der Waals surface area contributed by atoms with Gasteiger partial charge in [-0.05, 0) is 19.8 Å². The molecule has 0 saturated heterocycles. The Hall–Kier alpha value is -0.920. The van der Waals surface area contributed by atoms with Crippen LogP contribution in [0, 0.1) is 5.92 Å². The van der Waals surface area contributed by atoms with Crippen molar-refractivity contribution in [1.82, 2.24) is 0 Å². The lowest BCUT2D eigenvalue weighted by atomic mass is 9.96. The molecule has 2 nitrogen and oxygen atoms in total. The minimum Gasteiger partial charge on any atom is -0.303 e. The van der Waals surface area contributed by atoms with Crippen LogP contribution in [0.5, 0.6) is 0 Å². The van der Waals surface area contributed by atoms with Crippen LogP contribution in [0.3, 0.4) is 0 Å². The second-order valence-electron chi connectivity index (χ2n) is 4.45. The number of hydrogen-bond acceptors (Lipinski definition) is 2. The van der Waals surface area contributed by atoms with Crippen molar-refractivity contribution in [3.8, 4) is 0 Å². The van der Waals surface area contributed by atoms with E-state index in [1.165, 1.54) is 19.3 Å². The van der Waals surface area contributed by atoms with Crippen molar-refractivity contribution < 1.29 is 9.59 Å². The lowest BCUT2D eigenvalue weighted by Crippen LogP contribution is -2.02. The van der Waals surface area contributed by atoms with E-state index in [1.54, 1.807) is 0 Å². The molecule has 0 fully saturated rings. The van der Waals surface area contributed by atoms with E-state index in [9.17, 15) is 9.59 Å². The van der Waals surface area contributed by atoms with E-state index in [0.717, 1.165) is 43.8 Å². The lowest BCUT2D eigenvalue weighted by molar-refractivity contribution is -0.110. The fourth-order valence-electron chi connectivity index (χ4n) is 1.73. The van der Waals surface area contributed by atoms with E-state index >= 15 is 0 Å². The van der Waals surface area contributed by atoms with Crippen LogP contribution in [0.25, 0.3) is 0 Å². The zero-order chi connectivity index (χ0) is 12.2. The van der Waals surface area contributed by atoms with Crippen molar-refractivity contribution in [2.24, 2.45) is 5.92 Å². The van der Waals surface area contributed by atoms with Gasteiger partial charge in [0.25, 0.3) is 0 Å². The lowest BCUT2D eigenvalue weighted by Gasteiger charge is -2.08. The highest BCUT2D eigenvalue weighted by atomic mass is 16.1. The number of unbranched alkanes of at least 4 members (excludes halogenated alkanes) is 6. The summed E-state index contributed by atoms with van der Waals surface area (Å²) in [6.07, 6.45) is 10.5. The number of carbonyl (C=O) groups excluding carboxylic acids is 2. The molecule has 0 rings (SSSR count). The predicted molar refractivity (Wildman–Crippen MR) is 67.4 cm³/mol. The van der Waals surface area contributed by atoms with Gasteiger partial charge in [-0.15, -0.1) is 0 Å². The Balaban J connectivity index is 3.28. The minimum absolute atomic E-state index is 0.0510. The van der Waals surface area contributed by atoms with E-state index in [2.05, 4.69) is 6.58 Å². The van der Waals surface area contributed by atoms with E-state index in [4.69, 9.17) is 0 Å². The predicted octanol–water partition coefficient (Wildman–Crippen LogP) is 3.70. The summed E-state index contributed by atoms with van der Waals surface area (Å²) in [5.41, 5.74) is 0.973. The average Bonchev–Trinajstić information content (AvgIpc) is 2.26. The molecule has 92 valence electrons. The number of aldehydes is 2. The second kappa shape index (κ2) is 10.6. The smallest absolute Gasteiger partial charge is 0.127 e. The largest absolute Gasteiger partial charge is 0.303 e. The zero-order valence-corrected chi connectivity index (χ0v) is 10.4. The summed E-state index contributed by atoms with van der Waals surface area (Å²) in [4.78, 5) is 20.8. The van der Waals surface area contributed by atoms with Crippen molar-refractivity contribution in [3.05, 3.63) is 12.2 Å². The highest BCUT2D eigenvalue weighted by Crippen LogP contribution is 2.16. The fraction of sp³-hybridized carbons (Fsp3) is 0.714. The van der Waals surface area contributed by atoms with Gasteiger partial charge in [0.1, 0.15) is 12.6 Å². The quantitative estimate of drug-likeness (QED) is 0.305. The number of allylic oxidation sites excluding steroid dienone is 1. The first-order valence-electron chi connectivity index (χ1n) is 6.26. The normalized spacial score (nSPS) is 12.1. The van der Waals surface area contributed by atoms with Gasteiger partial charge in [0, 0.05) is 12.3 Å². The molecule has 0 heterocycles. The molecule has 0 aliphatic heterocycles. The molecule has 0 amide bonds. The third kappa shape index (κ3) is 8.39. The zero-order valence-electron chi connectivity index (χ0n) is 10.4. The molecular formula is C14H24O2. The molecular weight excluding hydrogens is 200 g/mol. The minimum atomic E-state index is 0.0510. The molecule has 0 saturated carbocycles. The van der Waals surface area contributed by atoms with Crippen LogP contribution in [0.15, 0.2) is 12.2 Å². The van der Waals surface area contributed by atoms with Crippen LogP contribution >= 0.6 is 0 Å². The average molecular weight is 224 g/mol. The molecule has 0 aliphatic carbocycles. The van der Waals surface area contributed by atoms with Gasteiger partial charge >= 0.3 is 0 Å². The van der Waals surface area contributed by atoms with Crippen molar-refractivity contribution in [2.75, 3.05) is 0 Å². The third-order valence-electron chi connectivity index (χ3n) is 2.88. The summed E-state index contributed by atoms with van der Waals surface area (Å²) in [5, 5.41) is 0. The Labute approximate surface area is 99.1 Å². The Kier molecular flexibility index (Phi) is 9.98. The highest BCUT2D eigenvalue weighted by Gasteiger charge is 2.06. The summed E-state index contributed by atoms with van der Waals surface area (Å²) in [7, 11) is 0. The fourth-order valence-corrected chi connectivity index (χ4v) is 1.73. The van der Waals surface area contributed by atoms with Gasteiger partial charge in [-0.2, -0.15) is 0 Å². The van der Waals surface area contributed by atoms with E-state index in [-0.39, 0.29) is 5.92 Å². The first kappa shape index (κ1) is 15.1. The van der Waals surface area contributed by atoms with Gasteiger partial charge in [-0.1, -0.05) is 44.3 Å². The van der Waals surface area contributed by atoms with Crippen LogP contribution in [0.1, 0.15) is 58.3 Å². The molecule has 0 spiro atoms. The highest BCUT2D eigenvalue weighted by molar-refractivity contribution is 5.58. The first-order valence-corrected chi connectivity index (χ1v) is 6.26. The van der Waals surface area contributed by atoms with Gasteiger partial charge in [0.05, 0.1) is 0 Å². The number of rotatable bonds is 11. The van der Waals surface area contributed by atoms with E-state index in [1.807, 2.05) is 6.92 Å². The molecule has 1 atom stereocenters. The van der Waals surface area contributed by atoms with Crippen molar-refractivity contribution in [2.45, 2.75) is 58.3 Å². The maximum absolute atomic E-state index is 10.7. The summed E-state index contributed by atoms with van der Waals surface area (Å²) in [6.45, 7) is 5.73. The van der Waals surface area contributed by atoms with Gasteiger partial charge in [0.15, 0.2) is 0 Å². The van der Waals surface area contributed by atoms with Crippen LogP contribution in [-0.4, -0.2) is 12.6 Å². The Morgan fingerprint density at radius 3 is 2.12 bits per heavy atom.